The molecule has 1 aliphatic rings. The Hall–Kier alpha value is -2.15. The van der Waals surface area contributed by atoms with Crippen molar-refractivity contribution in [2.75, 3.05) is 31.6 Å². The van der Waals surface area contributed by atoms with Crippen LogP contribution in [0.4, 0.5) is 5.69 Å². The molecule has 0 aromatic heterocycles. The number of nitrogens with zero attached hydrogens (tertiary/aromatic N) is 1. The monoisotopic (exact) mass is 386 g/mol. The predicted molar refractivity (Wildman–Crippen MR) is 112 cm³/mol. The van der Waals surface area contributed by atoms with Crippen molar-refractivity contribution < 1.29 is 14.9 Å². The molecular formula is C21H26N2O3S. The highest BCUT2D eigenvalue weighted by molar-refractivity contribution is 7.81. The molecule has 6 heteroatoms. The minimum Gasteiger partial charge on any atom is -0.508 e. The van der Waals surface area contributed by atoms with E-state index in [0.717, 1.165) is 44.1 Å². The molecule has 0 aliphatic carbocycles. The number of nitrogens with one attached hydrogen (secondary N) is 1. The Kier molecular flexibility index (Phi) is 6.31. The summed E-state index contributed by atoms with van der Waals surface area (Å²) in [5, 5.41) is 23.3. The van der Waals surface area contributed by atoms with E-state index in [2.05, 4.69) is 22.3 Å². The van der Waals surface area contributed by atoms with Crippen LogP contribution >= 0.6 is 12.2 Å². The van der Waals surface area contributed by atoms with Crippen molar-refractivity contribution in [1.29, 1.82) is 0 Å². The molecule has 3 rings (SSSR count). The molecule has 0 radical (unpaired) electrons. The molecule has 2 aromatic rings. The van der Waals surface area contributed by atoms with E-state index in [1.54, 1.807) is 6.07 Å². The molecule has 1 heterocycles. The van der Waals surface area contributed by atoms with E-state index in [1.807, 2.05) is 26.0 Å². The van der Waals surface area contributed by atoms with Crippen molar-refractivity contribution in [3.63, 3.8) is 0 Å². The lowest BCUT2D eigenvalue weighted by Crippen LogP contribution is -2.35. The third-order valence-electron chi connectivity index (χ3n) is 4.73. The molecule has 1 saturated heterocycles. The first-order valence-corrected chi connectivity index (χ1v) is 9.61. The zero-order valence-electron chi connectivity index (χ0n) is 15.7. The van der Waals surface area contributed by atoms with Crippen LogP contribution < -0.4 is 5.32 Å². The summed E-state index contributed by atoms with van der Waals surface area (Å²) in [5.74, 6) is 0.187. The van der Waals surface area contributed by atoms with Gasteiger partial charge in [0.15, 0.2) is 0 Å². The van der Waals surface area contributed by atoms with Gasteiger partial charge in [-0.15, -0.1) is 0 Å². The first-order valence-electron chi connectivity index (χ1n) is 9.20. The van der Waals surface area contributed by atoms with Gasteiger partial charge in [-0.05, 0) is 35.2 Å². The molecule has 144 valence electrons. The molecule has 0 atom stereocenters. The first kappa shape index (κ1) is 19.6. The molecule has 0 saturated carbocycles. The van der Waals surface area contributed by atoms with Crippen molar-refractivity contribution in [1.82, 2.24) is 4.90 Å². The fourth-order valence-corrected chi connectivity index (χ4v) is 3.43. The fraction of sp³-hybridized carbons (Fsp3) is 0.381. The summed E-state index contributed by atoms with van der Waals surface area (Å²) in [5.41, 5.74) is 3.38. The van der Waals surface area contributed by atoms with Crippen molar-refractivity contribution >= 4 is 22.9 Å². The van der Waals surface area contributed by atoms with Gasteiger partial charge in [0.05, 0.1) is 18.8 Å². The number of phenolic OH excluding ortho intramolecular Hbond substituents is 2. The van der Waals surface area contributed by atoms with Gasteiger partial charge in [-0.3, -0.25) is 4.90 Å². The standard InChI is InChI=1S/C21H26N2O3S/c1-14(2)17-11-18(20(25)12-19(17)24)21(27)22-16-5-3-15(4-6-16)13-23-7-9-26-10-8-23/h3-6,11-12,14,24-25H,7-10,13H2,1-2H3,(H,22,27). The van der Waals surface area contributed by atoms with Gasteiger partial charge < -0.3 is 20.3 Å². The third-order valence-corrected chi connectivity index (χ3v) is 5.06. The number of rotatable bonds is 5. The molecule has 0 bridgehead atoms. The highest BCUT2D eigenvalue weighted by Gasteiger charge is 2.15. The predicted octanol–water partition coefficient (Wildman–Crippen LogP) is 3.84. The van der Waals surface area contributed by atoms with Crippen molar-refractivity contribution in [3.8, 4) is 11.5 Å². The Balaban J connectivity index is 1.68. The molecule has 3 N–H and O–H groups in total. The minimum atomic E-state index is -0.0293. The summed E-state index contributed by atoms with van der Waals surface area (Å²) in [4.78, 5) is 2.80. The quantitative estimate of drug-likeness (QED) is 0.679. The lowest BCUT2D eigenvalue weighted by atomic mass is 9.99. The van der Waals surface area contributed by atoms with Crippen LogP contribution in [-0.2, 0) is 11.3 Å². The van der Waals surface area contributed by atoms with Crippen LogP contribution in [0.15, 0.2) is 36.4 Å². The highest BCUT2D eigenvalue weighted by Crippen LogP contribution is 2.32. The van der Waals surface area contributed by atoms with Gasteiger partial charge in [0, 0.05) is 31.4 Å². The Labute approximate surface area is 165 Å². The molecule has 0 amide bonds. The maximum atomic E-state index is 10.2. The Morgan fingerprint density at radius 2 is 1.78 bits per heavy atom. The Bertz CT molecular complexity index is 800. The van der Waals surface area contributed by atoms with E-state index in [4.69, 9.17) is 17.0 Å². The topological polar surface area (TPSA) is 65.0 Å². The summed E-state index contributed by atoms with van der Waals surface area (Å²) < 4.78 is 5.38. The van der Waals surface area contributed by atoms with Crippen molar-refractivity contribution in [3.05, 3.63) is 53.1 Å². The van der Waals surface area contributed by atoms with Crippen LogP contribution in [0.1, 0.15) is 36.5 Å². The van der Waals surface area contributed by atoms with E-state index in [0.29, 0.717) is 10.6 Å². The van der Waals surface area contributed by atoms with Crippen LogP contribution in [0.5, 0.6) is 11.5 Å². The molecule has 0 spiro atoms. The zero-order valence-corrected chi connectivity index (χ0v) is 16.6. The number of benzene rings is 2. The van der Waals surface area contributed by atoms with Gasteiger partial charge >= 0.3 is 0 Å². The molecule has 2 aromatic carbocycles. The number of hydrogen-bond donors (Lipinski definition) is 3. The summed E-state index contributed by atoms with van der Waals surface area (Å²) in [6.07, 6.45) is 0. The number of hydrogen-bond acceptors (Lipinski definition) is 5. The number of anilines is 1. The number of morpholine rings is 1. The first-order chi connectivity index (χ1) is 12.9. The van der Waals surface area contributed by atoms with Crippen molar-refractivity contribution in [2.45, 2.75) is 26.3 Å². The second-order valence-corrected chi connectivity index (χ2v) is 7.53. The molecule has 27 heavy (non-hydrogen) atoms. The molecule has 1 aliphatic heterocycles. The maximum absolute atomic E-state index is 10.2. The Morgan fingerprint density at radius 1 is 1.11 bits per heavy atom. The SMILES string of the molecule is CC(C)c1cc(C(=S)Nc2ccc(CN3CCOCC3)cc2)c(O)cc1O. The number of aromatic hydroxyl groups is 2. The molecule has 0 unspecified atom stereocenters. The van der Waals surface area contributed by atoms with E-state index in [1.165, 1.54) is 11.6 Å². The zero-order chi connectivity index (χ0) is 19.4. The van der Waals surface area contributed by atoms with Gasteiger partial charge in [0.2, 0.25) is 0 Å². The normalized spacial score (nSPS) is 15.1. The fourth-order valence-electron chi connectivity index (χ4n) is 3.15. The summed E-state index contributed by atoms with van der Waals surface area (Å²) in [6, 6.07) is 11.2. The average molecular weight is 387 g/mol. The van der Waals surface area contributed by atoms with E-state index in [9.17, 15) is 10.2 Å². The lowest BCUT2D eigenvalue weighted by molar-refractivity contribution is 0.0342. The van der Waals surface area contributed by atoms with Crippen LogP contribution in [0.3, 0.4) is 0 Å². The van der Waals surface area contributed by atoms with Gasteiger partial charge in [-0.25, -0.2) is 0 Å². The van der Waals surface area contributed by atoms with Gasteiger partial charge in [-0.2, -0.15) is 0 Å². The molecule has 1 fully saturated rings. The smallest absolute Gasteiger partial charge is 0.129 e. The van der Waals surface area contributed by atoms with Crippen LogP contribution in [0.2, 0.25) is 0 Å². The van der Waals surface area contributed by atoms with E-state index >= 15 is 0 Å². The van der Waals surface area contributed by atoms with Gasteiger partial charge in [0.25, 0.3) is 0 Å². The molecular weight excluding hydrogens is 360 g/mol. The van der Waals surface area contributed by atoms with Gasteiger partial charge in [0.1, 0.15) is 16.5 Å². The van der Waals surface area contributed by atoms with E-state index < -0.39 is 0 Å². The van der Waals surface area contributed by atoms with Crippen LogP contribution in [-0.4, -0.2) is 46.4 Å². The second-order valence-electron chi connectivity index (χ2n) is 7.12. The average Bonchev–Trinajstić information content (AvgIpc) is 2.64. The second kappa shape index (κ2) is 8.69. The largest absolute Gasteiger partial charge is 0.508 e. The Morgan fingerprint density at radius 3 is 2.41 bits per heavy atom. The van der Waals surface area contributed by atoms with Crippen molar-refractivity contribution in [2.24, 2.45) is 0 Å². The minimum absolute atomic E-state index is 0.0293. The van der Waals surface area contributed by atoms with Gasteiger partial charge in [-0.1, -0.05) is 38.2 Å². The summed E-state index contributed by atoms with van der Waals surface area (Å²) >= 11 is 5.47. The molecule has 5 nitrogen and oxygen atoms in total. The van der Waals surface area contributed by atoms with Crippen LogP contribution in [0, 0.1) is 0 Å². The van der Waals surface area contributed by atoms with Crippen LogP contribution in [0.25, 0.3) is 0 Å². The summed E-state index contributed by atoms with van der Waals surface area (Å²) in [7, 11) is 0. The number of ether oxygens (including phenoxy) is 1. The highest BCUT2D eigenvalue weighted by atomic mass is 32.1. The van der Waals surface area contributed by atoms with E-state index in [-0.39, 0.29) is 17.4 Å². The maximum Gasteiger partial charge on any atom is 0.129 e. The summed E-state index contributed by atoms with van der Waals surface area (Å²) in [6.45, 7) is 8.39. The number of thiocarbonyl (C=S) groups is 1. The lowest BCUT2D eigenvalue weighted by Gasteiger charge is -2.26. The number of phenols is 2. The third kappa shape index (κ3) is 4.97.